The second-order valence-electron chi connectivity index (χ2n) is 7.48. The second kappa shape index (κ2) is 5.09. The molecule has 1 N–H and O–H groups in total. The first-order valence-corrected chi connectivity index (χ1v) is 8.33. The maximum Gasteiger partial charge on any atom is 0.449 e. The number of halogens is 3. The van der Waals surface area contributed by atoms with Gasteiger partial charge in [0.25, 0.3) is 0 Å². The maximum absolute atomic E-state index is 13.5. The standard InChI is InChI=1S/C16H21F3O5/c1-8-3-4-11-9(7-20)12(16(17,18)19)21-13-15(11)10(8)5-6-14(2,22-13)23-24-15/h8,10-11,13,20H,3-7H2,1-2H3/t8-,10?,11+,13-,14+,15-/m1/s1. The number of alkyl halides is 3. The van der Waals surface area contributed by atoms with Crippen molar-refractivity contribution >= 4 is 0 Å². The van der Waals surface area contributed by atoms with E-state index in [0.29, 0.717) is 19.3 Å². The molecule has 5 rings (SSSR count). The molecule has 0 aromatic heterocycles. The van der Waals surface area contributed by atoms with Crippen molar-refractivity contribution in [1.82, 2.24) is 0 Å². The molecule has 1 saturated carbocycles. The highest BCUT2D eigenvalue weighted by Crippen LogP contribution is 2.61. The highest BCUT2D eigenvalue weighted by atomic mass is 19.4. The molecule has 5 aliphatic rings. The smallest absolute Gasteiger partial charge is 0.449 e. The van der Waals surface area contributed by atoms with Gasteiger partial charge in [0.2, 0.25) is 17.8 Å². The number of aliphatic hydroxyl groups is 1. The minimum Gasteiger partial charge on any atom is -0.456 e. The van der Waals surface area contributed by atoms with Crippen molar-refractivity contribution in [3.63, 3.8) is 0 Å². The number of aliphatic hydroxyl groups excluding tert-OH is 1. The third-order valence-electron chi connectivity index (χ3n) is 6.08. The highest BCUT2D eigenvalue weighted by Gasteiger charge is 2.70. The lowest BCUT2D eigenvalue weighted by atomic mass is 9.59. The molecule has 4 heterocycles. The van der Waals surface area contributed by atoms with Gasteiger partial charge >= 0.3 is 6.18 Å². The first-order valence-electron chi connectivity index (χ1n) is 8.33. The van der Waals surface area contributed by atoms with E-state index in [1.54, 1.807) is 6.92 Å². The predicted octanol–water partition coefficient (Wildman–Crippen LogP) is 3.04. The molecule has 1 aliphatic carbocycles. The van der Waals surface area contributed by atoms with E-state index in [1.165, 1.54) is 0 Å². The van der Waals surface area contributed by atoms with E-state index >= 15 is 0 Å². The number of allylic oxidation sites excluding steroid dienone is 1. The first-order chi connectivity index (χ1) is 11.2. The Morgan fingerprint density at radius 1 is 1.21 bits per heavy atom. The zero-order valence-corrected chi connectivity index (χ0v) is 13.6. The minimum atomic E-state index is -4.69. The maximum atomic E-state index is 13.5. The SMILES string of the molecule is C[C@@H]1CC[C@H]2C(CO)=C(C(F)(F)F)O[C@@H]3O[C@]4(C)CCC1[C@]32OO4. The van der Waals surface area contributed by atoms with Crippen LogP contribution >= 0.6 is 0 Å². The highest BCUT2D eigenvalue weighted by molar-refractivity contribution is 5.28. The second-order valence-corrected chi connectivity index (χ2v) is 7.48. The average molecular weight is 350 g/mol. The molecule has 0 amide bonds. The van der Waals surface area contributed by atoms with Gasteiger partial charge in [0.15, 0.2) is 5.60 Å². The van der Waals surface area contributed by atoms with E-state index in [1.807, 2.05) is 0 Å². The van der Waals surface area contributed by atoms with E-state index in [4.69, 9.17) is 19.2 Å². The van der Waals surface area contributed by atoms with Gasteiger partial charge < -0.3 is 14.6 Å². The van der Waals surface area contributed by atoms with E-state index in [2.05, 4.69) is 6.92 Å². The largest absolute Gasteiger partial charge is 0.456 e. The van der Waals surface area contributed by atoms with Crippen molar-refractivity contribution in [2.45, 2.75) is 63.4 Å². The van der Waals surface area contributed by atoms with Crippen LogP contribution in [0.1, 0.15) is 39.5 Å². The van der Waals surface area contributed by atoms with Gasteiger partial charge in [-0.15, -0.1) is 0 Å². The molecule has 2 bridgehead atoms. The van der Waals surface area contributed by atoms with Gasteiger partial charge in [-0.1, -0.05) is 6.92 Å². The molecule has 1 spiro atoms. The van der Waals surface area contributed by atoms with Crippen molar-refractivity contribution in [3.8, 4) is 0 Å². The molecule has 6 atom stereocenters. The monoisotopic (exact) mass is 350 g/mol. The summed E-state index contributed by atoms with van der Waals surface area (Å²) in [4.78, 5) is 11.2. The molecule has 3 saturated heterocycles. The molecule has 1 unspecified atom stereocenters. The summed E-state index contributed by atoms with van der Waals surface area (Å²) >= 11 is 0. The summed E-state index contributed by atoms with van der Waals surface area (Å²) in [5.41, 5.74) is -1.30. The topological polar surface area (TPSA) is 57.2 Å². The Morgan fingerprint density at radius 3 is 2.62 bits per heavy atom. The zero-order chi connectivity index (χ0) is 17.3. The van der Waals surface area contributed by atoms with Crippen LogP contribution in [0.25, 0.3) is 0 Å². The quantitative estimate of drug-likeness (QED) is 0.737. The van der Waals surface area contributed by atoms with Crippen LogP contribution in [0.15, 0.2) is 11.3 Å². The van der Waals surface area contributed by atoms with Crippen molar-refractivity contribution < 1.29 is 37.5 Å². The fraction of sp³-hybridized carbons (Fsp3) is 0.875. The van der Waals surface area contributed by atoms with Crippen molar-refractivity contribution in [1.29, 1.82) is 0 Å². The van der Waals surface area contributed by atoms with Gasteiger partial charge in [-0.3, -0.25) is 0 Å². The lowest BCUT2D eigenvalue weighted by Crippen LogP contribution is -2.67. The summed E-state index contributed by atoms with van der Waals surface area (Å²) in [5.74, 6) is -2.71. The van der Waals surface area contributed by atoms with E-state index in [9.17, 15) is 18.3 Å². The number of ether oxygens (including phenoxy) is 2. The number of rotatable bonds is 1. The number of hydrogen-bond acceptors (Lipinski definition) is 5. The lowest BCUT2D eigenvalue weighted by Gasteiger charge is -2.57. The molecule has 0 aromatic rings. The molecule has 0 radical (unpaired) electrons. The number of fused-ring (bicyclic) bond motifs is 2. The Balaban J connectivity index is 1.88. The molecular weight excluding hydrogens is 329 g/mol. The molecule has 5 nitrogen and oxygen atoms in total. The molecule has 8 heteroatoms. The third kappa shape index (κ3) is 2.09. The van der Waals surface area contributed by atoms with Crippen LogP contribution < -0.4 is 0 Å². The Hall–Kier alpha value is -0.830. The van der Waals surface area contributed by atoms with Gasteiger partial charge in [-0.25, -0.2) is 9.78 Å². The van der Waals surface area contributed by atoms with Crippen molar-refractivity contribution in [2.75, 3.05) is 6.61 Å². The summed E-state index contributed by atoms with van der Waals surface area (Å²) in [7, 11) is 0. The fourth-order valence-corrected chi connectivity index (χ4v) is 4.92. The fourth-order valence-electron chi connectivity index (χ4n) is 4.92. The van der Waals surface area contributed by atoms with Crippen molar-refractivity contribution in [3.05, 3.63) is 11.3 Å². The Bertz CT molecular complexity index is 577. The average Bonchev–Trinajstić information content (AvgIpc) is 2.74. The Morgan fingerprint density at radius 2 is 1.96 bits per heavy atom. The summed E-state index contributed by atoms with van der Waals surface area (Å²) in [6, 6.07) is 0. The minimum absolute atomic E-state index is 0.0538. The summed E-state index contributed by atoms with van der Waals surface area (Å²) in [5, 5.41) is 9.66. The molecular formula is C16H21F3O5. The molecule has 4 fully saturated rings. The van der Waals surface area contributed by atoms with Crippen LogP contribution in [0, 0.1) is 17.8 Å². The van der Waals surface area contributed by atoms with Crippen LogP contribution in [0.2, 0.25) is 0 Å². The van der Waals surface area contributed by atoms with Crippen LogP contribution in [-0.4, -0.2) is 35.6 Å². The first kappa shape index (κ1) is 16.6. The Labute approximate surface area is 137 Å². The van der Waals surface area contributed by atoms with E-state index in [-0.39, 0.29) is 17.4 Å². The summed E-state index contributed by atoms with van der Waals surface area (Å²) in [6.07, 6.45) is -3.41. The van der Waals surface area contributed by atoms with Gasteiger partial charge in [0.05, 0.1) is 6.61 Å². The number of hydrogen-bond donors (Lipinski definition) is 1. The summed E-state index contributed by atoms with van der Waals surface area (Å²) < 4.78 is 51.5. The third-order valence-corrected chi connectivity index (χ3v) is 6.08. The molecule has 24 heavy (non-hydrogen) atoms. The molecule has 4 aliphatic heterocycles. The van der Waals surface area contributed by atoms with E-state index in [0.717, 1.165) is 6.42 Å². The van der Waals surface area contributed by atoms with Crippen LogP contribution in [0.5, 0.6) is 0 Å². The van der Waals surface area contributed by atoms with Crippen LogP contribution in [0.3, 0.4) is 0 Å². The Kier molecular flexibility index (Phi) is 3.53. The molecule has 0 aromatic carbocycles. The molecule has 136 valence electrons. The normalized spacial score (nSPS) is 47.9. The van der Waals surface area contributed by atoms with Gasteiger partial charge in [0.1, 0.15) is 0 Å². The van der Waals surface area contributed by atoms with Crippen LogP contribution in [-0.2, 0) is 19.2 Å². The van der Waals surface area contributed by atoms with Crippen LogP contribution in [0.4, 0.5) is 13.2 Å². The van der Waals surface area contributed by atoms with Gasteiger partial charge in [-0.2, -0.15) is 13.2 Å². The van der Waals surface area contributed by atoms with Gasteiger partial charge in [0, 0.05) is 23.8 Å². The van der Waals surface area contributed by atoms with Gasteiger partial charge in [-0.05, 0) is 32.1 Å². The van der Waals surface area contributed by atoms with E-state index < -0.39 is 42.1 Å². The predicted molar refractivity (Wildman–Crippen MR) is 74.0 cm³/mol. The van der Waals surface area contributed by atoms with Crippen molar-refractivity contribution in [2.24, 2.45) is 17.8 Å². The zero-order valence-electron chi connectivity index (χ0n) is 13.6. The lowest BCUT2D eigenvalue weighted by molar-refractivity contribution is -0.557. The summed E-state index contributed by atoms with van der Waals surface area (Å²) in [6.45, 7) is 2.99.